The van der Waals surface area contributed by atoms with Crippen LogP contribution >= 0.6 is 0 Å². The third-order valence-corrected chi connectivity index (χ3v) is 3.30. The van der Waals surface area contributed by atoms with Crippen LogP contribution in [0, 0.1) is 0 Å². The van der Waals surface area contributed by atoms with Crippen molar-refractivity contribution in [2.75, 3.05) is 0 Å². The summed E-state index contributed by atoms with van der Waals surface area (Å²) in [6.45, 7) is 6.54. The fraction of sp³-hybridized carbons (Fsp3) is 0.333. The smallest absolute Gasteiger partial charge is 0.261 e. The van der Waals surface area contributed by atoms with Crippen LogP contribution in [0.4, 0.5) is 0 Å². The van der Waals surface area contributed by atoms with E-state index in [-0.39, 0.29) is 17.2 Å². The normalized spacial score (nSPS) is 10.7. The third-order valence-electron chi connectivity index (χ3n) is 3.30. The highest BCUT2D eigenvalue weighted by Crippen LogP contribution is 2.22. The lowest BCUT2D eigenvalue weighted by molar-refractivity contribution is 0.112. The van der Waals surface area contributed by atoms with Crippen LogP contribution in [-0.2, 0) is 6.54 Å². The molecule has 0 saturated carbocycles. The molecule has 22 heavy (non-hydrogen) atoms. The standard InChI is InChI=1S/C18H21NO3/c1-4-11-19-17(10-7-15(12-20)18(19)21)14-5-8-16(9-6-14)22-13(2)3/h5-10,12-13H,4,11H2,1-3H3. The highest BCUT2D eigenvalue weighted by molar-refractivity contribution is 5.75. The molecule has 0 bridgehead atoms. The molecule has 0 radical (unpaired) electrons. The number of aromatic nitrogens is 1. The summed E-state index contributed by atoms with van der Waals surface area (Å²) in [5.74, 6) is 0.799. The van der Waals surface area contributed by atoms with E-state index in [1.807, 2.05) is 51.1 Å². The van der Waals surface area contributed by atoms with Crippen molar-refractivity contribution in [2.45, 2.75) is 39.8 Å². The summed E-state index contributed by atoms with van der Waals surface area (Å²) >= 11 is 0. The number of pyridine rings is 1. The Hall–Kier alpha value is -2.36. The SMILES string of the molecule is CCCn1c(-c2ccc(OC(C)C)cc2)ccc(C=O)c1=O. The van der Waals surface area contributed by atoms with Crippen LogP contribution in [0.15, 0.2) is 41.2 Å². The lowest BCUT2D eigenvalue weighted by Gasteiger charge is -2.14. The van der Waals surface area contributed by atoms with Gasteiger partial charge in [0.05, 0.1) is 17.4 Å². The topological polar surface area (TPSA) is 48.3 Å². The van der Waals surface area contributed by atoms with Crippen LogP contribution < -0.4 is 10.3 Å². The highest BCUT2D eigenvalue weighted by Gasteiger charge is 2.10. The van der Waals surface area contributed by atoms with Gasteiger partial charge in [-0.25, -0.2) is 0 Å². The molecule has 4 heteroatoms. The van der Waals surface area contributed by atoms with E-state index in [9.17, 15) is 9.59 Å². The molecule has 1 heterocycles. The van der Waals surface area contributed by atoms with Crippen molar-refractivity contribution in [1.29, 1.82) is 0 Å². The molecule has 0 N–H and O–H groups in total. The van der Waals surface area contributed by atoms with E-state index in [0.29, 0.717) is 12.8 Å². The Morgan fingerprint density at radius 3 is 2.36 bits per heavy atom. The Balaban J connectivity index is 2.45. The fourth-order valence-corrected chi connectivity index (χ4v) is 2.36. The maximum Gasteiger partial charge on any atom is 0.261 e. The Labute approximate surface area is 130 Å². The number of hydrogen-bond donors (Lipinski definition) is 0. The minimum Gasteiger partial charge on any atom is -0.491 e. The number of nitrogens with zero attached hydrogens (tertiary/aromatic N) is 1. The quantitative estimate of drug-likeness (QED) is 0.767. The molecule has 0 aliphatic rings. The first-order valence-electron chi connectivity index (χ1n) is 7.53. The summed E-state index contributed by atoms with van der Waals surface area (Å²) in [7, 11) is 0. The van der Waals surface area contributed by atoms with Crippen LogP contribution in [0.3, 0.4) is 0 Å². The Kier molecular flexibility index (Phi) is 5.15. The third kappa shape index (κ3) is 3.45. The summed E-state index contributed by atoms with van der Waals surface area (Å²) in [6, 6.07) is 11.0. The highest BCUT2D eigenvalue weighted by atomic mass is 16.5. The van der Waals surface area contributed by atoms with Crippen LogP contribution in [-0.4, -0.2) is 17.0 Å². The summed E-state index contributed by atoms with van der Waals surface area (Å²) < 4.78 is 7.28. The van der Waals surface area contributed by atoms with E-state index in [0.717, 1.165) is 23.4 Å². The molecule has 2 aromatic rings. The van der Waals surface area contributed by atoms with Crippen molar-refractivity contribution < 1.29 is 9.53 Å². The van der Waals surface area contributed by atoms with Crippen molar-refractivity contribution in [3.8, 4) is 17.0 Å². The zero-order valence-corrected chi connectivity index (χ0v) is 13.2. The molecular weight excluding hydrogens is 278 g/mol. The lowest BCUT2D eigenvalue weighted by atomic mass is 10.1. The van der Waals surface area contributed by atoms with E-state index < -0.39 is 0 Å². The number of benzene rings is 1. The first-order valence-corrected chi connectivity index (χ1v) is 7.53. The number of ether oxygens (including phenoxy) is 1. The minimum atomic E-state index is -0.239. The van der Waals surface area contributed by atoms with Crippen LogP contribution in [0.1, 0.15) is 37.6 Å². The van der Waals surface area contributed by atoms with Crippen molar-refractivity contribution in [3.63, 3.8) is 0 Å². The molecule has 2 rings (SSSR count). The second-order valence-electron chi connectivity index (χ2n) is 5.44. The van der Waals surface area contributed by atoms with Gasteiger partial charge in [-0.2, -0.15) is 0 Å². The number of carbonyl (C=O) groups is 1. The van der Waals surface area contributed by atoms with Gasteiger partial charge in [0, 0.05) is 6.54 Å². The van der Waals surface area contributed by atoms with Gasteiger partial charge in [0.1, 0.15) is 5.75 Å². The van der Waals surface area contributed by atoms with Gasteiger partial charge in [0.15, 0.2) is 6.29 Å². The second-order valence-corrected chi connectivity index (χ2v) is 5.44. The predicted molar refractivity (Wildman–Crippen MR) is 87.6 cm³/mol. The maximum atomic E-state index is 12.3. The van der Waals surface area contributed by atoms with Gasteiger partial charge in [-0.3, -0.25) is 9.59 Å². The fourth-order valence-electron chi connectivity index (χ4n) is 2.36. The monoisotopic (exact) mass is 299 g/mol. The van der Waals surface area contributed by atoms with E-state index in [2.05, 4.69) is 0 Å². The molecule has 4 nitrogen and oxygen atoms in total. The first kappa shape index (κ1) is 16.0. The molecule has 0 aliphatic heterocycles. The molecule has 0 saturated heterocycles. The van der Waals surface area contributed by atoms with E-state index in [4.69, 9.17) is 4.74 Å². The average Bonchev–Trinajstić information content (AvgIpc) is 2.50. The molecule has 0 atom stereocenters. The number of rotatable bonds is 6. The van der Waals surface area contributed by atoms with Gasteiger partial charge >= 0.3 is 0 Å². The van der Waals surface area contributed by atoms with Crippen molar-refractivity contribution in [3.05, 3.63) is 52.3 Å². The van der Waals surface area contributed by atoms with Gasteiger partial charge in [-0.1, -0.05) is 6.92 Å². The first-order chi connectivity index (χ1) is 10.6. The summed E-state index contributed by atoms with van der Waals surface area (Å²) in [5.41, 5.74) is 1.70. The minimum absolute atomic E-state index is 0.121. The zero-order chi connectivity index (χ0) is 16.1. The van der Waals surface area contributed by atoms with Crippen molar-refractivity contribution in [2.24, 2.45) is 0 Å². The number of hydrogen-bond acceptors (Lipinski definition) is 3. The van der Waals surface area contributed by atoms with Crippen molar-refractivity contribution in [1.82, 2.24) is 4.57 Å². The van der Waals surface area contributed by atoms with Gasteiger partial charge in [-0.15, -0.1) is 0 Å². The Bertz CT molecular complexity index is 699. The molecule has 0 unspecified atom stereocenters. The molecule has 0 amide bonds. The summed E-state index contributed by atoms with van der Waals surface area (Å²) in [6.07, 6.45) is 1.55. The largest absolute Gasteiger partial charge is 0.491 e. The van der Waals surface area contributed by atoms with Gasteiger partial charge in [-0.05, 0) is 62.2 Å². The van der Waals surface area contributed by atoms with Gasteiger partial charge in [0.25, 0.3) is 5.56 Å². The van der Waals surface area contributed by atoms with E-state index >= 15 is 0 Å². The van der Waals surface area contributed by atoms with Crippen LogP contribution in [0.2, 0.25) is 0 Å². The van der Waals surface area contributed by atoms with E-state index in [1.54, 1.807) is 10.6 Å². The molecular formula is C18H21NO3. The van der Waals surface area contributed by atoms with Crippen molar-refractivity contribution >= 4 is 6.29 Å². The molecule has 0 fully saturated rings. The Morgan fingerprint density at radius 1 is 1.14 bits per heavy atom. The maximum absolute atomic E-state index is 12.3. The molecule has 0 aliphatic carbocycles. The molecule has 1 aromatic carbocycles. The number of aldehydes is 1. The van der Waals surface area contributed by atoms with E-state index in [1.165, 1.54) is 0 Å². The lowest BCUT2D eigenvalue weighted by Crippen LogP contribution is -2.24. The van der Waals surface area contributed by atoms with Crippen LogP contribution in [0.5, 0.6) is 5.75 Å². The molecule has 116 valence electrons. The van der Waals surface area contributed by atoms with Gasteiger partial charge < -0.3 is 9.30 Å². The summed E-state index contributed by atoms with van der Waals surface area (Å²) in [4.78, 5) is 23.3. The average molecular weight is 299 g/mol. The molecule has 0 spiro atoms. The zero-order valence-electron chi connectivity index (χ0n) is 13.2. The summed E-state index contributed by atoms with van der Waals surface area (Å²) in [5, 5.41) is 0. The Morgan fingerprint density at radius 2 is 1.82 bits per heavy atom. The predicted octanol–water partition coefficient (Wildman–Crippen LogP) is 3.53. The van der Waals surface area contributed by atoms with Gasteiger partial charge in [0.2, 0.25) is 0 Å². The number of carbonyl (C=O) groups excluding carboxylic acids is 1. The molecule has 1 aromatic heterocycles. The van der Waals surface area contributed by atoms with Crippen LogP contribution in [0.25, 0.3) is 11.3 Å². The second kappa shape index (κ2) is 7.07.